The standard InChI is InChI=1S/C19H27N9O/c1-14-24-25-17(27(14)3)11-21-19(26(2)12-18-22-13-23-28(18)4)20-10-15-6-8-16(29-5)9-7-15/h6-9,13H,10-12H2,1-5H3,(H,20,21). The lowest BCUT2D eigenvalue weighted by molar-refractivity contribution is 0.414. The van der Waals surface area contributed by atoms with Crippen molar-refractivity contribution in [3.63, 3.8) is 0 Å². The third-order valence-corrected chi connectivity index (χ3v) is 4.70. The third-order valence-electron chi connectivity index (χ3n) is 4.70. The highest BCUT2D eigenvalue weighted by Crippen LogP contribution is 2.12. The summed E-state index contributed by atoms with van der Waals surface area (Å²) >= 11 is 0. The topological polar surface area (TPSA) is 98.3 Å². The SMILES string of the molecule is COc1ccc(CN=C(NCc2nnc(C)n2C)N(C)Cc2ncnn2C)cc1. The van der Waals surface area contributed by atoms with Crippen LogP contribution in [0, 0.1) is 6.92 Å². The molecule has 0 amide bonds. The van der Waals surface area contributed by atoms with E-state index in [1.165, 1.54) is 0 Å². The van der Waals surface area contributed by atoms with Gasteiger partial charge in [0.05, 0.1) is 26.7 Å². The number of guanidine groups is 1. The monoisotopic (exact) mass is 397 g/mol. The van der Waals surface area contributed by atoms with Crippen molar-refractivity contribution in [3.05, 3.63) is 53.6 Å². The van der Waals surface area contributed by atoms with Crippen LogP contribution in [0.2, 0.25) is 0 Å². The van der Waals surface area contributed by atoms with Gasteiger partial charge in [0.1, 0.15) is 23.7 Å². The summed E-state index contributed by atoms with van der Waals surface area (Å²) in [6, 6.07) is 7.89. The Morgan fingerprint density at radius 2 is 1.93 bits per heavy atom. The summed E-state index contributed by atoms with van der Waals surface area (Å²) in [5.74, 6) is 4.12. The largest absolute Gasteiger partial charge is 0.497 e. The van der Waals surface area contributed by atoms with Gasteiger partial charge in [0.15, 0.2) is 11.8 Å². The van der Waals surface area contributed by atoms with E-state index in [2.05, 4.69) is 25.6 Å². The number of hydrogen-bond acceptors (Lipinski definition) is 6. The van der Waals surface area contributed by atoms with Crippen LogP contribution in [0.5, 0.6) is 5.75 Å². The second kappa shape index (κ2) is 9.18. The molecule has 3 rings (SSSR count). The van der Waals surface area contributed by atoms with E-state index in [9.17, 15) is 0 Å². The fourth-order valence-corrected chi connectivity index (χ4v) is 2.72. The Hall–Kier alpha value is -3.43. The van der Waals surface area contributed by atoms with Gasteiger partial charge in [-0.05, 0) is 24.6 Å². The predicted octanol–water partition coefficient (Wildman–Crippen LogP) is 1.04. The first-order chi connectivity index (χ1) is 14.0. The normalized spacial score (nSPS) is 11.6. The highest BCUT2D eigenvalue weighted by Gasteiger charge is 2.12. The second-order valence-electron chi connectivity index (χ2n) is 6.72. The minimum atomic E-state index is 0.516. The molecule has 10 heteroatoms. The van der Waals surface area contributed by atoms with Crippen molar-refractivity contribution in [1.82, 2.24) is 39.7 Å². The van der Waals surface area contributed by atoms with Crippen LogP contribution < -0.4 is 10.1 Å². The van der Waals surface area contributed by atoms with Gasteiger partial charge >= 0.3 is 0 Å². The summed E-state index contributed by atoms with van der Waals surface area (Å²) in [4.78, 5) is 11.1. The molecule has 0 radical (unpaired) electrons. The molecule has 0 unspecified atom stereocenters. The van der Waals surface area contributed by atoms with E-state index in [-0.39, 0.29) is 0 Å². The smallest absolute Gasteiger partial charge is 0.194 e. The lowest BCUT2D eigenvalue weighted by Crippen LogP contribution is -2.39. The minimum Gasteiger partial charge on any atom is -0.497 e. The zero-order valence-corrected chi connectivity index (χ0v) is 17.5. The number of benzene rings is 1. The number of nitrogens with zero attached hydrogens (tertiary/aromatic N) is 8. The summed E-state index contributed by atoms with van der Waals surface area (Å²) in [6.07, 6.45) is 1.55. The average Bonchev–Trinajstić information content (AvgIpc) is 3.27. The van der Waals surface area contributed by atoms with Gasteiger partial charge in [-0.1, -0.05) is 12.1 Å². The Balaban J connectivity index is 1.75. The third kappa shape index (κ3) is 5.09. The molecule has 0 aliphatic carbocycles. The first kappa shape index (κ1) is 20.3. The van der Waals surface area contributed by atoms with Gasteiger partial charge < -0.3 is 19.5 Å². The Kier molecular flexibility index (Phi) is 6.43. The molecule has 2 aromatic heterocycles. The molecular weight excluding hydrogens is 370 g/mol. The van der Waals surface area contributed by atoms with E-state index in [4.69, 9.17) is 9.73 Å². The second-order valence-corrected chi connectivity index (χ2v) is 6.72. The fraction of sp³-hybridized carbons (Fsp3) is 0.421. The molecule has 1 N–H and O–H groups in total. The molecule has 0 atom stereocenters. The summed E-state index contributed by atoms with van der Waals surface area (Å²) in [5.41, 5.74) is 1.09. The van der Waals surface area contributed by atoms with Crippen molar-refractivity contribution in [1.29, 1.82) is 0 Å². The molecule has 0 saturated carbocycles. The first-order valence-electron chi connectivity index (χ1n) is 9.28. The maximum atomic E-state index is 5.22. The van der Waals surface area contributed by atoms with Crippen LogP contribution in [0.3, 0.4) is 0 Å². The van der Waals surface area contributed by atoms with Gasteiger partial charge in [-0.3, -0.25) is 4.68 Å². The number of methoxy groups -OCH3 is 1. The number of hydrogen-bond donors (Lipinski definition) is 1. The van der Waals surface area contributed by atoms with Crippen LogP contribution >= 0.6 is 0 Å². The maximum absolute atomic E-state index is 5.22. The Morgan fingerprint density at radius 1 is 1.17 bits per heavy atom. The number of aromatic nitrogens is 6. The van der Waals surface area contributed by atoms with Gasteiger partial charge in [-0.2, -0.15) is 5.10 Å². The van der Waals surface area contributed by atoms with Gasteiger partial charge in [-0.25, -0.2) is 9.98 Å². The van der Waals surface area contributed by atoms with E-state index in [1.807, 2.05) is 61.8 Å². The molecule has 154 valence electrons. The maximum Gasteiger partial charge on any atom is 0.194 e. The van der Waals surface area contributed by atoms with Gasteiger partial charge in [0, 0.05) is 21.1 Å². The van der Waals surface area contributed by atoms with E-state index in [0.29, 0.717) is 19.6 Å². The van der Waals surface area contributed by atoms with Gasteiger partial charge in [-0.15, -0.1) is 10.2 Å². The highest BCUT2D eigenvalue weighted by molar-refractivity contribution is 5.79. The summed E-state index contributed by atoms with van der Waals surface area (Å²) in [5, 5.41) is 15.8. The lowest BCUT2D eigenvalue weighted by Gasteiger charge is -2.22. The molecule has 29 heavy (non-hydrogen) atoms. The van der Waals surface area contributed by atoms with Crippen LogP contribution in [0.1, 0.15) is 23.0 Å². The van der Waals surface area contributed by atoms with E-state index in [1.54, 1.807) is 18.1 Å². The average molecular weight is 397 g/mol. The highest BCUT2D eigenvalue weighted by atomic mass is 16.5. The quantitative estimate of drug-likeness (QED) is 0.470. The number of rotatable bonds is 7. The van der Waals surface area contributed by atoms with Crippen LogP contribution in [0.15, 0.2) is 35.6 Å². The Morgan fingerprint density at radius 3 is 2.52 bits per heavy atom. The van der Waals surface area contributed by atoms with E-state index >= 15 is 0 Å². The predicted molar refractivity (Wildman–Crippen MR) is 109 cm³/mol. The molecule has 0 bridgehead atoms. The van der Waals surface area contributed by atoms with Crippen LogP contribution in [-0.4, -0.2) is 54.5 Å². The van der Waals surface area contributed by atoms with Crippen molar-refractivity contribution in [2.24, 2.45) is 19.1 Å². The first-order valence-corrected chi connectivity index (χ1v) is 9.28. The van der Waals surface area contributed by atoms with Crippen molar-refractivity contribution < 1.29 is 4.74 Å². The van der Waals surface area contributed by atoms with Gasteiger partial charge in [0.25, 0.3) is 0 Å². The van der Waals surface area contributed by atoms with Crippen molar-refractivity contribution in [3.8, 4) is 5.75 Å². The fourth-order valence-electron chi connectivity index (χ4n) is 2.72. The molecule has 0 fully saturated rings. The molecule has 0 aliphatic rings. The van der Waals surface area contributed by atoms with Crippen LogP contribution in [-0.2, 0) is 33.7 Å². The Bertz CT molecular complexity index is 958. The van der Waals surface area contributed by atoms with E-state index < -0.39 is 0 Å². The molecule has 0 saturated heterocycles. The van der Waals surface area contributed by atoms with Crippen LogP contribution in [0.25, 0.3) is 0 Å². The molecule has 0 spiro atoms. The summed E-state index contributed by atoms with van der Waals surface area (Å²) < 4.78 is 8.93. The molecule has 2 heterocycles. The zero-order valence-electron chi connectivity index (χ0n) is 17.5. The molecule has 10 nitrogen and oxygen atoms in total. The lowest BCUT2D eigenvalue weighted by atomic mass is 10.2. The molecule has 3 aromatic rings. The van der Waals surface area contributed by atoms with Crippen molar-refractivity contribution in [2.45, 2.75) is 26.6 Å². The van der Waals surface area contributed by atoms with Crippen LogP contribution in [0.4, 0.5) is 0 Å². The Labute approximate surface area is 170 Å². The minimum absolute atomic E-state index is 0.516. The number of aryl methyl sites for hydroxylation is 2. The number of nitrogens with one attached hydrogen (secondary N) is 1. The molecule has 0 aliphatic heterocycles. The summed E-state index contributed by atoms with van der Waals surface area (Å²) in [6.45, 7) is 3.55. The number of ether oxygens (including phenoxy) is 1. The summed E-state index contributed by atoms with van der Waals surface area (Å²) in [7, 11) is 7.45. The van der Waals surface area contributed by atoms with Crippen molar-refractivity contribution in [2.75, 3.05) is 14.2 Å². The zero-order chi connectivity index (χ0) is 20.8. The molecular formula is C19H27N9O. The van der Waals surface area contributed by atoms with Gasteiger partial charge in [0.2, 0.25) is 0 Å². The number of aliphatic imine (C=N–C) groups is 1. The van der Waals surface area contributed by atoms with E-state index in [0.717, 1.165) is 34.7 Å². The molecule has 1 aromatic carbocycles. The van der Waals surface area contributed by atoms with Crippen molar-refractivity contribution >= 4 is 5.96 Å².